The van der Waals surface area contributed by atoms with Gasteiger partial charge in [0.25, 0.3) is 0 Å². The molecule has 2 atom stereocenters. The van der Waals surface area contributed by atoms with E-state index in [1.807, 2.05) is 11.3 Å². The molecule has 1 N–H and O–H groups in total. The van der Waals surface area contributed by atoms with Gasteiger partial charge in [-0.2, -0.15) is 0 Å². The summed E-state index contributed by atoms with van der Waals surface area (Å²) in [5.41, 5.74) is 1.14. The summed E-state index contributed by atoms with van der Waals surface area (Å²) in [5.74, 6) is 0.0959. The first-order chi connectivity index (χ1) is 11.0. The Balaban J connectivity index is 1.52. The van der Waals surface area contributed by atoms with Crippen molar-refractivity contribution in [1.29, 1.82) is 0 Å². The lowest BCUT2D eigenvalue weighted by atomic mass is 10.1. The molecule has 0 aliphatic carbocycles. The molecule has 130 valence electrons. The smallest absolute Gasteiger partial charge is 0.173 e. The van der Waals surface area contributed by atoms with Gasteiger partial charge in [0, 0.05) is 36.2 Å². The molecule has 0 radical (unpaired) electrons. The predicted octanol–water partition coefficient (Wildman–Crippen LogP) is 3.15. The largest absolute Gasteiger partial charge is 0.381 e. The fraction of sp³-hybridized carbons (Fsp3) is 0.824. The van der Waals surface area contributed by atoms with Gasteiger partial charge in [0.05, 0.1) is 36.6 Å². The first-order valence-corrected chi connectivity index (χ1v) is 9.41. The van der Waals surface area contributed by atoms with Crippen molar-refractivity contribution in [2.24, 2.45) is 0 Å². The molecular formula is C17H28N2O3S. The van der Waals surface area contributed by atoms with Crippen LogP contribution >= 0.6 is 11.3 Å². The molecular weight excluding hydrogens is 312 g/mol. The molecule has 2 fully saturated rings. The van der Waals surface area contributed by atoms with E-state index in [1.165, 1.54) is 9.88 Å². The van der Waals surface area contributed by atoms with Gasteiger partial charge in [-0.25, -0.2) is 4.98 Å². The third kappa shape index (κ3) is 3.94. The fourth-order valence-electron chi connectivity index (χ4n) is 3.14. The van der Waals surface area contributed by atoms with Crippen molar-refractivity contribution in [2.75, 3.05) is 26.4 Å². The maximum Gasteiger partial charge on any atom is 0.173 e. The van der Waals surface area contributed by atoms with Gasteiger partial charge in [0.2, 0.25) is 0 Å². The van der Waals surface area contributed by atoms with Crippen LogP contribution in [0.2, 0.25) is 0 Å². The van der Waals surface area contributed by atoms with Crippen LogP contribution in [0.1, 0.15) is 61.2 Å². The van der Waals surface area contributed by atoms with E-state index >= 15 is 0 Å². The summed E-state index contributed by atoms with van der Waals surface area (Å²) in [6.45, 7) is 11.6. The van der Waals surface area contributed by atoms with Crippen LogP contribution in [-0.2, 0) is 14.2 Å². The number of ether oxygens (including phenoxy) is 3. The average molecular weight is 340 g/mol. The number of hydrogen-bond donors (Lipinski definition) is 1. The van der Waals surface area contributed by atoms with E-state index in [0.717, 1.165) is 38.3 Å². The van der Waals surface area contributed by atoms with E-state index in [9.17, 15) is 0 Å². The molecule has 0 bridgehead atoms. The van der Waals surface area contributed by atoms with Crippen molar-refractivity contribution in [3.63, 3.8) is 0 Å². The van der Waals surface area contributed by atoms with E-state index in [2.05, 4.69) is 38.0 Å². The molecule has 1 aromatic heterocycles. The van der Waals surface area contributed by atoms with Crippen LogP contribution in [0.3, 0.4) is 0 Å². The van der Waals surface area contributed by atoms with Gasteiger partial charge in [-0.05, 0) is 13.8 Å². The SMILES string of the molecule is Cc1nc(C(C)C)sc1[C@@H](C)NC[C@@H]1COC2(CCOCC2)O1. The van der Waals surface area contributed by atoms with Crippen LogP contribution in [0, 0.1) is 6.92 Å². The van der Waals surface area contributed by atoms with Crippen LogP contribution in [0.5, 0.6) is 0 Å². The van der Waals surface area contributed by atoms with Crippen LogP contribution in [0.25, 0.3) is 0 Å². The van der Waals surface area contributed by atoms with E-state index in [0.29, 0.717) is 12.5 Å². The highest BCUT2D eigenvalue weighted by Crippen LogP contribution is 2.33. The minimum atomic E-state index is -0.390. The second-order valence-corrected chi connectivity index (χ2v) is 7.92. The van der Waals surface area contributed by atoms with Gasteiger partial charge in [0.1, 0.15) is 0 Å². The van der Waals surface area contributed by atoms with Crippen molar-refractivity contribution >= 4 is 11.3 Å². The molecule has 2 saturated heterocycles. The molecule has 1 aromatic rings. The molecule has 23 heavy (non-hydrogen) atoms. The minimum absolute atomic E-state index is 0.119. The number of rotatable bonds is 5. The summed E-state index contributed by atoms with van der Waals surface area (Å²) in [6.07, 6.45) is 1.79. The number of hydrogen-bond acceptors (Lipinski definition) is 6. The molecule has 0 amide bonds. The Labute approximate surface area is 142 Å². The highest BCUT2D eigenvalue weighted by Gasteiger charge is 2.42. The van der Waals surface area contributed by atoms with Crippen LogP contribution in [0.4, 0.5) is 0 Å². The molecule has 2 aliphatic rings. The van der Waals surface area contributed by atoms with Gasteiger partial charge in [-0.15, -0.1) is 11.3 Å². The first kappa shape index (κ1) is 17.3. The summed E-state index contributed by atoms with van der Waals surface area (Å²) in [7, 11) is 0. The second-order valence-electron chi connectivity index (χ2n) is 6.86. The predicted molar refractivity (Wildman–Crippen MR) is 91.0 cm³/mol. The van der Waals surface area contributed by atoms with Crippen molar-refractivity contribution in [1.82, 2.24) is 10.3 Å². The molecule has 5 nitrogen and oxygen atoms in total. The Hall–Kier alpha value is -0.530. The zero-order valence-electron chi connectivity index (χ0n) is 14.6. The Morgan fingerprint density at radius 3 is 2.70 bits per heavy atom. The molecule has 2 aliphatic heterocycles. The Morgan fingerprint density at radius 2 is 2.04 bits per heavy atom. The molecule has 0 unspecified atom stereocenters. The molecule has 1 spiro atoms. The molecule has 6 heteroatoms. The fourth-order valence-corrected chi connectivity index (χ4v) is 4.24. The van der Waals surface area contributed by atoms with E-state index < -0.39 is 0 Å². The summed E-state index contributed by atoms with van der Waals surface area (Å²) in [6, 6.07) is 0.287. The number of aromatic nitrogens is 1. The van der Waals surface area contributed by atoms with E-state index in [1.54, 1.807) is 0 Å². The van der Waals surface area contributed by atoms with Crippen molar-refractivity contribution in [2.45, 2.75) is 64.4 Å². The second kappa shape index (κ2) is 7.15. The van der Waals surface area contributed by atoms with Crippen molar-refractivity contribution in [3.8, 4) is 0 Å². The third-order valence-electron chi connectivity index (χ3n) is 4.56. The molecule has 0 aromatic carbocycles. The molecule has 3 heterocycles. The van der Waals surface area contributed by atoms with Gasteiger partial charge in [0.15, 0.2) is 5.79 Å². The van der Waals surface area contributed by atoms with Gasteiger partial charge >= 0.3 is 0 Å². The average Bonchev–Trinajstić information content (AvgIpc) is 3.10. The standard InChI is InChI=1S/C17H28N2O3S/c1-11(2)16-19-13(4)15(23-16)12(3)18-9-14-10-21-17(22-14)5-7-20-8-6-17/h11-12,14,18H,5-10H2,1-4H3/t12-,14-/m1/s1. The number of nitrogens with one attached hydrogen (secondary N) is 1. The quantitative estimate of drug-likeness (QED) is 0.892. The number of aryl methyl sites for hydroxylation is 1. The van der Waals surface area contributed by atoms with Gasteiger partial charge in [-0.3, -0.25) is 0 Å². The maximum atomic E-state index is 6.17. The number of nitrogens with zero attached hydrogens (tertiary/aromatic N) is 1. The highest BCUT2D eigenvalue weighted by molar-refractivity contribution is 7.11. The topological polar surface area (TPSA) is 52.6 Å². The lowest BCUT2D eigenvalue weighted by Crippen LogP contribution is -2.39. The third-order valence-corrected chi connectivity index (χ3v) is 6.20. The van der Waals surface area contributed by atoms with Crippen molar-refractivity contribution < 1.29 is 14.2 Å². The molecule has 3 rings (SSSR count). The zero-order chi connectivity index (χ0) is 16.4. The normalized spacial score (nSPS) is 25.3. The van der Waals surface area contributed by atoms with E-state index in [4.69, 9.17) is 14.2 Å². The Bertz CT molecular complexity index is 526. The first-order valence-electron chi connectivity index (χ1n) is 8.59. The maximum absolute atomic E-state index is 6.17. The monoisotopic (exact) mass is 340 g/mol. The summed E-state index contributed by atoms with van der Waals surface area (Å²) < 4.78 is 17.5. The van der Waals surface area contributed by atoms with Crippen LogP contribution in [0.15, 0.2) is 0 Å². The Morgan fingerprint density at radius 1 is 1.30 bits per heavy atom. The number of thiazole rings is 1. The zero-order valence-corrected chi connectivity index (χ0v) is 15.4. The molecule has 0 saturated carbocycles. The summed E-state index contributed by atoms with van der Waals surface area (Å²) >= 11 is 1.82. The van der Waals surface area contributed by atoms with Gasteiger partial charge < -0.3 is 19.5 Å². The van der Waals surface area contributed by atoms with Gasteiger partial charge in [-0.1, -0.05) is 13.8 Å². The lowest BCUT2D eigenvalue weighted by molar-refractivity contribution is -0.210. The van der Waals surface area contributed by atoms with Crippen LogP contribution in [-0.4, -0.2) is 43.2 Å². The lowest BCUT2D eigenvalue weighted by Gasteiger charge is -2.31. The highest BCUT2D eigenvalue weighted by atomic mass is 32.1. The van der Waals surface area contributed by atoms with Crippen molar-refractivity contribution in [3.05, 3.63) is 15.6 Å². The van der Waals surface area contributed by atoms with E-state index in [-0.39, 0.29) is 17.9 Å². The van der Waals surface area contributed by atoms with Crippen LogP contribution < -0.4 is 5.32 Å². The minimum Gasteiger partial charge on any atom is -0.381 e. The summed E-state index contributed by atoms with van der Waals surface area (Å²) in [5, 5.41) is 4.81. The summed E-state index contributed by atoms with van der Waals surface area (Å²) in [4.78, 5) is 6.02. The Kier molecular flexibility index (Phi) is 5.38.